The van der Waals surface area contributed by atoms with E-state index in [1.54, 1.807) is 0 Å². The molecule has 0 radical (unpaired) electrons. The normalized spacial score (nSPS) is 17.2. The first-order valence-electron chi connectivity index (χ1n) is 6.22. The van der Waals surface area contributed by atoms with Crippen LogP contribution in [0.4, 0.5) is 13.2 Å². The van der Waals surface area contributed by atoms with Gasteiger partial charge in [0, 0.05) is 19.6 Å². The number of H-pyrrole nitrogens is 1. The monoisotopic (exact) mass is 261 g/mol. The molecule has 1 aromatic heterocycles. The molecule has 6 heteroatoms. The van der Waals surface area contributed by atoms with Crippen molar-refractivity contribution in [1.29, 1.82) is 0 Å². The van der Waals surface area contributed by atoms with Gasteiger partial charge in [0.05, 0.1) is 17.8 Å². The molecule has 0 bridgehead atoms. The Morgan fingerprint density at radius 1 is 1.39 bits per heavy atom. The van der Waals surface area contributed by atoms with Crippen LogP contribution in [-0.2, 0) is 13.0 Å². The third-order valence-corrected chi connectivity index (χ3v) is 3.30. The Labute approximate surface area is 104 Å². The highest BCUT2D eigenvalue weighted by Gasteiger charge is 2.29. The Kier molecular flexibility index (Phi) is 3.66. The highest BCUT2D eigenvalue weighted by Crippen LogP contribution is 2.26. The average Bonchev–Trinajstić information content (AvgIpc) is 2.68. The maximum absolute atomic E-state index is 12.2. The smallest absolute Gasteiger partial charge is 0.297 e. The molecule has 3 nitrogen and oxygen atoms in total. The molecule has 1 aliphatic rings. The summed E-state index contributed by atoms with van der Waals surface area (Å²) in [6.45, 7) is 5.45. The van der Waals surface area contributed by atoms with Crippen LogP contribution in [0.2, 0.25) is 0 Å². The van der Waals surface area contributed by atoms with Crippen LogP contribution in [-0.4, -0.2) is 34.4 Å². The maximum atomic E-state index is 12.2. The molecule has 0 aliphatic carbocycles. The zero-order valence-corrected chi connectivity index (χ0v) is 10.6. The molecule has 0 fully saturated rings. The van der Waals surface area contributed by atoms with Gasteiger partial charge in [-0.25, -0.2) is 0 Å². The number of hydrogen-bond donors (Lipinski definition) is 1. The summed E-state index contributed by atoms with van der Waals surface area (Å²) in [4.78, 5) is 1.83. The topological polar surface area (TPSA) is 31.9 Å². The Balaban J connectivity index is 1.99. The minimum atomic E-state index is -4.07. The molecular formula is C12H18F3N3. The third kappa shape index (κ3) is 3.04. The first kappa shape index (κ1) is 13.4. The molecule has 1 aromatic rings. The number of rotatable bonds is 3. The van der Waals surface area contributed by atoms with Crippen LogP contribution in [0.1, 0.15) is 43.1 Å². The van der Waals surface area contributed by atoms with Crippen molar-refractivity contribution < 1.29 is 13.2 Å². The van der Waals surface area contributed by atoms with Crippen molar-refractivity contribution in [3.05, 3.63) is 17.0 Å². The molecule has 0 unspecified atom stereocenters. The van der Waals surface area contributed by atoms with E-state index in [0.717, 1.165) is 17.8 Å². The van der Waals surface area contributed by atoms with E-state index in [-0.39, 0.29) is 6.54 Å². The van der Waals surface area contributed by atoms with Crippen molar-refractivity contribution in [2.24, 2.45) is 0 Å². The second-order valence-corrected chi connectivity index (χ2v) is 5.11. The van der Waals surface area contributed by atoms with Gasteiger partial charge in [-0.15, -0.1) is 0 Å². The summed E-state index contributed by atoms with van der Waals surface area (Å²) in [6.07, 6.45) is -4.03. The summed E-state index contributed by atoms with van der Waals surface area (Å²) in [5.41, 5.74) is 3.24. The van der Waals surface area contributed by atoms with Gasteiger partial charge in [-0.1, -0.05) is 13.8 Å². The predicted molar refractivity (Wildman–Crippen MR) is 62.3 cm³/mol. The fourth-order valence-corrected chi connectivity index (χ4v) is 2.35. The van der Waals surface area contributed by atoms with Crippen LogP contribution in [0.5, 0.6) is 0 Å². The molecular weight excluding hydrogens is 243 g/mol. The second-order valence-electron chi connectivity index (χ2n) is 5.11. The minimum Gasteiger partial charge on any atom is -0.297 e. The summed E-state index contributed by atoms with van der Waals surface area (Å²) in [5.74, 6) is 0.353. The zero-order valence-electron chi connectivity index (χ0n) is 10.6. The van der Waals surface area contributed by atoms with Crippen molar-refractivity contribution in [1.82, 2.24) is 15.1 Å². The van der Waals surface area contributed by atoms with E-state index in [9.17, 15) is 13.2 Å². The molecule has 1 N–H and O–H groups in total. The molecule has 2 rings (SSSR count). The molecule has 0 aromatic carbocycles. The molecule has 0 saturated heterocycles. The second kappa shape index (κ2) is 4.91. The van der Waals surface area contributed by atoms with E-state index >= 15 is 0 Å². The van der Waals surface area contributed by atoms with E-state index in [2.05, 4.69) is 24.0 Å². The Morgan fingerprint density at radius 2 is 2.11 bits per heavy atom. The van der Waals surface area contributed by atoms with Gasteiger partial charge in [-0.3, -0.25) is 10.00 Å². The van der Waals surface area contributed by atoms with Crippen molar-refractivity contribution in [2.45, 2.75) is 45.3 Å². The molecule has 1 aliphatic heterocycles. The Morgan fingerprint density at radius 3 is 2.72 bits per heavy atom. The lowest BCUT2D eigenvalue weighted by Gasteiger charge is -2.27. The summed E-state index contributed by atoms with van der Waals surface area (Å²) < 4.78 is 36.5. The van der Waals surface area contributed by atoms with Gasteiger partial charge in [0.1, 0.15) is 0 Å². The number of nitrogens with one attached hydrogen (secondary N) is 1. The highest BCUT2D eigenvalue weighted by atomic mass is 19.4. The number of hydrogen-bond acceptors (Lipinski definition) is 2. The summed E-state index contributed by atoms with van der Waals surface area (Å²) in [7, 11) is 0. The molecule has 0 spiro atoms. The molecule has 18 heavy (non-hydrogen) atoms. The predicted octanol–water partition coefficient (Wildman–Crippen LogP) is 2.84. The van der Waals surface area contributed by atoms with Gasteiger partial charge in [0.15, 0.2) is 0 Å². The van der Waals surface area contributed by atoms with E-state index in [0.29, 0.717) is 19.0 Å². The Bertz CT molecular complexity index is 409. The lowest BCUT2D eigenvalue weighted by atomic mass is 9.98. The molecule has 0 amide bonds. The number of aromatic nitrogens is 2. The average molecular weight is 261 g/mol. The lowest BCUT2D eigenvalue weighted by Crippen LogP contribution is -2.33. The van der Waals surface area contributed by atoms with Crippen LogP contribution in [0.15, 0.2) is 0 Å². The fraction of sp³-hybridized carbons (Fsp3) is 0.750. The van der Waals surface area contributed by atoms with E-state index in [1.165, 1.54) is 5.56 Å². The summed E-state index contributed by atoms with van der Waals surface area (Å²) in [6, 6.07) is 0. The fourth-order valence-electron chi connectivity index (χ4n) is 2.35. The summed E-state index contributed by atoms with van der Waals surface area (Å²) in [5, 5.41) is 7.23. The number of halogens is 3. The van der Waals surface area contributed by atoms with Crippen molar-refractivity contribution in [3.63, 3.8) is 0 Å². The van der Waals surface area contributed by atoms with Gasteiger partial charge < -0.3 is 0 Å². The first-order chi connectivity index (χ1) is 8.37. The third-order valence-electron chi connectivity index (χ3n) is 3.30. The zero-order chi connectivity index (χ0) is 13.3. The van der Waals surface area contributed by atoms with Crippen LogP contribution in [0.25, 0.3) is 0 Å². The molecule has 2 heterocycles. The van der Waals surface area contributed by atoms with Crippen LogP contribution >= 0.6 is 0 Å². The van der Waals surface area contributed by atoms with Gasteiger partial charge in [-0.2, -0.15) is 18.3 Å². The van der Waals surface area contributed by atoms with E-state index < -0.39 is 12.6 Å². The highest BCUT2D eigenvalue weighted by molar-refractivity contribution is 5.29. The number of alkyl halides is 3. The van der Waals surface area contributed by atoms with Gasteiger partial charge in [0.25, 0.3) is 0 Å². The number of fused-ring (bicyclic) bond motifs is 1. The summed E-state index contributed by atoms with van der Waals surface area (Å²) >= 11 is 0. The number of nitrogens with zero attached hydrogens (tertiary/aromatic N) is 2. The van der Waals surface area contributed by atoms with Crippen LogP contribution in [0.3, 0.4) is 0 Å². The lowest BCUT2D eigenvalue weighted by molar-refractivity contribution is -0.138. The Hall–Kier alpha value is -1.04. The quantitative estimate of drug-likeness (QED) is 0.907. The van der Waals surface area contributed by atoms with Gasteiger partial charge in [0.2, 0.25) is 0 Å². The van der Waals surface area contributed by atoms with Gasteiger partial charge in [-0.05, 0) is 17.9 Å². The van der Waals surface area contributed by atoms with Crippen molar-refractivity contribution >= 4 is 0 Å². The van der Waals surface area contributed by atoms with E-state index in [1.807, 2.05) is 4.90 Å². The molecule has 0 atom stereocenters. The largest absolute Gasteiger partial charge is 0.390 e. The minimum absolute atomic E-state index is 0.0684. The standard InChI is InChI=1S/C12H18F3N3/c1-8(2)11-9-3-5-18(6-4-12(13,14)15)7-10(9)16-17-11/h8H,3-7H2,1-2H3,(H,16,17). The molecule has 0 saturated carbocycles. The first-order valence-corrected chi connectivity index (χ1v) is 6.22. The van der Waals surface area contributed by atoms with Gasteiger partial charge >= 0.3 is 6.18 Å². The van der Waals surface area contributed by atoms with Crippen molar-refractivity contribution in [3.8, 4) is 0 Å². The van der Waals surface area contributed by atoms with Crippen LogP contribution < -0.4 is 0 Å². The van der Waals surface area contributed by atoms with E-state index in [4.69, 9.17) is 0 Å². The number of aromatic amines is 1. The molecule has 102 valence electrons. The maximum Gasteiger partial charge on any atom is 0.390 e. The van der Waals surface area contributed by atoms with Crippen LogP contribution in [0, 0.1) is 0 Å². The SMILES string of the molecule is CC(C)c1n[nH]c2c1CCN(CCC(F)(F)F)C2. The van der Waals surface area contributed by atoms with Crippen molar-refractivity contribution in [2.75, 3.05) is 13.1 Å².